The molecule has 2 rings (SSSR count). The van der Waals surface area contributed by atoms with Crippen molar-refractivity contribution in [1.29, 1.82) is 0 Å². The van der Waals surface area contributed by atoms with Crippen LogP contribution >= 0.6 is 0 Å². The maximum absolute atomic E-state index is 4.18. The molecule has 17 heavy (non-hydrogen) atoms. The Morgan fingerprint density at radius 3 is 2.35 bits per heavy atom. The third kappa shape index (κ3) is 3.18. The van der Waals surface area contributed by atoms with E-state index < -0.39 is 0 Å². The van der Waals surface area contributed by atoms with Gasteiger partial charge < -0.3 is 5.32 Å². The predicted octanol–water partition coefficient (Wildman–Crippen LogP) is 3.60. The summed E-state index contributed by atoms with van der Waals surface area (Å²) in [6.07, 6.45) is 6.04. The monoisotopic (exact) mass is 224 g/mol. The summed E-state index contributed by atoms with van der Waals surface area (Å²) >= 11 is 0. The summed E-state index contributed by atoms with van der Waals surface area (Å²) in [6, 6.07) is 12.4. The number of hydrogen-bond donors (Lipinski definition) is 1. The van der Waals surface area contributed by atoms with Crippen LogP contribution in [-0.4, -0.2) is 12.0 Å². The van der Waals surface area contributed by atoms with E-state index in [-0.39, 0.29) is 0 Å². The molecule has 2 nitrogen and oxygen atoms in total. The number of aromatic nitrogens is 1. The second-order valence-electron chi connectivity index (χ2n) is 3.94. The standard InChI is InChI=1S/C15H16N2/c1-12-11-14(9-10-17-12)4-3-13-5-7-15(16-2)8-6-13/h3-11,16H,1-2H3. The van der Waals surface area contributed by atoms with Gasteiger partial charge in [0.2, 0.25) is 0 Å². The first-order chi connectivity index (χ1) is 8.28. The molecular weight excluding hydrogens is 208 g/mol. The lowest BCUT2D eigenvalue weighted by Gasteiger charge is -1.99. The Morgan fingerprint density at radius 1 is 1.00 bits per heavy atom. The van der Waals surface area contributed by atoms with E-state index in [0.717, 1.165) is 11.4 Å². The highest BCUT2D eigenvalue weighted by molar-refractivity contribution is 5.70. The number of benzene rings is 1. The Labute approximate surface area is 102 Å². The first kappa shape index (κ1) is 11.4. The summed E-state index contributed by atoms with van der Waals surface area (Å²) in [5, 5.41) is 3.10. The zero-order chi connectivity index (χ0) is 12.1. The largest absolute Gasteiger partial charge is 0.388 e. The van der Waals surface area contributed by atoms with Crippen molar-refractivity contribution in [2.75, 3.05) is 12.4 Å². The number of nitrogens with zero attached hydrogens (tertiary/aromatic N) is 1. The van der Waals surface area contributed by atoms with Crippen molar-refractivity contribution in [3.05, 3.63) is 59.4 Å². The quantitative estimate of drug-likeness (QED) is 0.861. The molecule has 0 atom stereocenters. The molecule has 0 amide bonds. The molecule has 0 saturated heterocycles. The van der Waals surface area contributed by atoms with Gasteiger partial charge in [0.05, 0.1) is 0 Å². The van der Waals surface area contributed by atoms with E-state index in [2.05, 4.69) is 52.8 Å². The molecule has 1 N–H and O–H groups in total. The van der Waals surface area contributed by atoms with E-state index in [9.17, 15) is 0 Å². The molecule has 1 aromatic carbocycles. The van der Waals surface area contributed by atoms with Crippen molar-refractivity contribution in [2.45, 2.75) is 6.92 Å². The van der Waals surface area contributed by atoms with Crippen molar-refractivity contribution in [2.24, 2.45) is 0 Å². The molecule has 1 aromatic heterocycles. The lowest BCUT2D eigenvalue weighted by Crippen LogP contribution is -1.86. The van der Waals surface area contributed by atoms with Crippen LogP contribution in [0.25, 0.3) is 12.2 Å². The highest BCUT2D eigenvalue weighted by Crippen LogP contribution is 2.12. The van der Waals surface area contributed by atoms with E-state index in [1.165, 1.54) is 11.1 Å². The minimum absolute atomic E-state index is 1.04. The molecule has 0 aliphatic carbocycles. The Bertz CT molecular complexity index is 513. The van der Waals surface area contributed by atoms with Crippen molar-refractivity contribution in [3.8, 4) is 0 Å². The molecule has 0 saturated carbocycles. The van der Waals surface area contributed by atoms with Crippen LogP contribution in [-0.2, 0) is 0 Å². The van der Waals surface area contributed by atoms with Crippen LogP contribution in [0.3, 0.4) is 0 Å². The van der Waals surface area contributed by atoms with Crippen LogP contribution < -0.4 is 5.32 Å². The Hall–Kier alpha value is -2.09. The lowest BCUT2D eigenvalue weighted by molar-refractivity contribution is 1.20. The maximum Gasteiger partial charge on any atom is 0.0378 e. The fourth-order valence-electron chi connectivity index (χ4n) is 1.62. The van der Waals surface area contributed by atoms with E-state index in [1.807, 2.05) is 26.2 Å². The zero-order valence-corrected chi connectivity index (χ0v) is 10.1. The summed E-state index contributed by atoms with van der Waals surface area (Å²) in [5.41, 5.74) is 4.54. The molecule has 0 spiro atoms. The summed E-state index contributed by atoms with van der Waals surface area (Å²) in [5.74, 6) is 0. The topological polar surface area (TPSA) is 24.9 Å². The van der Waals surface area contributed by atoms with Gasteiger partial charge in [-0.05, 0) is 42.3 Å². The van der Waals surface area contributed by atoms with Crippen LogP contribution in [0.4, 0.5) is 5.69 Å². The van der Waals surface area contributed by atoms with E-state index >= 15 is 0 Å². The molecule has 1 heterocycles. The van der Waals surface area contributed by atoms with Crippen molar-refractivity contribution in [3.63, 3.8) is 0 Å². The fraction of sp³-hybridized carbons (Fsp3) is 0.133. The number of rotatable bonds is 3. The van der Waals surface area contributed by atoms with Gasteiger partial charge in [-0.2, -0.15) is 0 Å². The van der Waals surface area contributed by atoms with Crippen molar-refractivity contribution in [1.82, 2.24) is 4.98 Å². The van der Waals surface area contributed by atoms with Gasteiger partial charge in [0.1, 0.15) is 0 Å². The average molecular weight is 224 g/mol. The SMILES string of the molecule is CNc1ccc(C=Cc2ccnc(C)c2)cc1. The van der Waals surface area contributed by atoms with Gasteiger partial charge in [-0.1, -0.05) is 24.3 Å². The number of anilines is 1. The van der Waals surface area contributed by atoms with Gasteiger partial charge in [-0.15, -0.1) is 0 Å². The molecule has 0 aliphatic rings. The molecular formula is C15H16N2. The van der Waals surface area contributed by atoms with E-state index in [1.54, 1.807) is 0 Å². The molecule has 0 aliphatic heterocycles. The summed E-state index contributed by atoms with van der Waals surface area (Å²) in [7, 11) is 1.92. The normalized spacial score (nSPS) is 10.7. The van der Waals surface area contributed by atoms with Crippen LogP contribution in [0.15, 0.2) is 42.6 Å². The number of aryl methyl sites for hydroxylation is 1. The molecule has 86 valence electrons. The molecule has 0 unspecified atom stereocenters. The van der Waals surface area contributed by atoms with Gasteiger partial charge in [-0.3, -0.25) is 4.98 Å². The van der Waals surface area contributed by atoms with Gasteiger partial charge >= 0.3 is 0 Å². The average Bonchev–Trinajstić information content (AvgIpc) is 2.37. The first-order valence-electron chi connectivity index (χ1n) is 5.66. The van der Waals surface area contributed by atoms with Crippen LogP contribution in [0.2, 0.25) is 0 Å². The van der Waals surface area contributed by atoms with Crippen molar-refractivity contribution >= 4 is 17.8 Å². The number of hydrogen-bond acceptors (Lipinski definition) is 2. The zero-order valence-electron chi connectivity index (χ0n) is 10.1. The van der Waals surface area contributed by atoms with Crippen LogP contribution in [0.5, 0.6) is 0 Å². The molecule has 0 bridgehead atoms. The fourth-order valence-corrected chi connectivity index (χ4v) is 1.62. The lowest BCUT2D eigenvalue weighted by atomic mass is 10.1. The van der Waals surface area contributed by atoms with E-state index in [4.69, 9.17) is 0 Å². The van der Waals surface area contributed by atoms with Crippen molar-refractivity contribution < 1.29 is 0 Å². The van der Waals surface area contributed by atoms with E-state index in [0.29, 0.717) is 0 Å². The third-order valence-corrected chi connectivity index (χ3v) is 2.59. The second-order valence-corrected chi connectivity index (χ2v) is 3.94. The minimum Gasteiger partial charge on any atom is -0.388 e. The molecule has 0 radical (unpaired) electrons. The Morgan fingerprint density at radius 2 is 1.71 bits per heavy atom. The highest BCUT2D eigenvalue weighted by atomic mass is 14.8. The summed E-state index contributed by atoms with van der Waals surface area (Å²) < 4.78 is 0. The smallest absolute Gasteiger partial charge is 0.0378 e. The summed E-state index contributed by atoms with van der Waals surface area (Å²) in [4.78, 5) is 4.18. The molecule has 2 heteroatoms. The first-order valence-corrected chi connectivity index (χ1v) is 5.66. The minimum atomic E-state index is 1.04. The van der Waals surface area contributed by atoms with Gasteiger partial charge in [-0.25, -0.2) is 0 Å². The second kappa shape index (κ2) is 5.30. The Kier molecular flexibility index (Phi) is 3.55. The Balaban J connectivity index is 2.14. The molecule has 2 aromatic rings. The summed E-state index contributed by atoms with van der Waals surface area (Å²) in [6.45, 7) is 2.00. The highest BCUT2D eigenvalue weighted by Gasteiger charge is 1.90. The van der Waals surface area contributed by atoms with Gasteiger partial charge in [0, 0.05) is 24.6 Å². The number of pyridine rings is 1. The number of nitrogens with one attached hydrogen (secondary N) is 1. The van der Waals surface area contributed by atoms with Crippen LogP contribution in [0, 0.1) is 6.92 Å². The predicted molar refractivity (Wildman–Crippen MR) is 73.9 cm³/mol. The van der Waals surface area contributed by atoms with Gasteiger partial charge in [0.25, 0.3) is 0 Å². The van der Waals surface area contributed by atoms with Crippen LogP contribution in [0.1, 0.15) is 16.8 Å². The maximum atomic E-state index is 4.18. The van der Waals surface area contributed by atoms with Gasteiger partial charge in [0.15, 0.2) is 0 Å². The third-order valence-electron chi connectivity index (χ3n) is 2.59. The molecule has 0 fully saturated rings.